The fraction of sp³-hybridized carbons (Fsp3) is 0.533. The first kappa shape index (κ1) is 16.6. The fourth-order valence-electron chi connectivity index (χ4n) is 2.17. The van der Waals surface area contributed by atoms with Crippen LogP contribution in [-0.4, -0.2) is 17.7 Å². The highest BCUT2D eigenvalue weighted by Crippen LogP contribution is 2.34. The lowest BCUT2D eigenvalue weighted by Crippen LogP contribution is -2.38. The summed E-state index contributed by atoms with van der Waals surface area (Å²) < 4.78 is 31.2. The Morgan fingerprint density at radius 3 is 2.50 bits per heavy atom. The van der Waals surface area contributed by atoms with Crippen LogP contribution in [0.2, 0.25) is 0 Å². The van der Waals surface area contributed by atoms with E-state index in [1.54, 1.807) is 6.92 Å². The first-order valence-corrected chi connectivity index (χ1v) is 6.69. The number of hydrogen-bond acceptors (Lipinski definition) is 3. The number of ether oxygens (including phenoxy) is 1. The molecule has 2 atom stereocenters. The molecule has 20 heavy (non-hydrogen) atoms. The van der Waals surface area contributed by atoms with Crippen molar-refractivity contribution in [3.63, 3.8) is 0 Å². The maximum atomic E-state index is 13.3. The maximum absolute atomic E-state index is 13.3. The van der Waals surface area contributed by atoms with Gasteiger partial charge in [0, 0.05) is 0 Å². The number of rotatable bonds is 6. The third-order valence-electron chi connectivity index (χ3n) is 3.33. The summed E-state index contributed by atoms with van der Waals surface area (Å²) in [7, 11) is 0. The lowest BCUT2D eigenvalue weighted by Gasteiger charge is -2.31. The van der Waals surface area contributed by atoms with Crippen LogP contribution in [0.1, 0.15) is 39.2 Å². The van der Waals surface area contributed by atoms with Gasteiger partial charge >= 0.3 is 5.97 Å². The van der Waals surface area contributed by atoms with Crippen molar-refractivity contribution < 1.29 is 23.4 Å². The zero-order valence-corrected chi connectivity index (χ0v) is 12.0. The zero-order valence-electron chi connectivity index (χ0n) is 12.0. The molecule has 5 heteroatoms. The molecule has 0 bridgehead atoms. The Labute approximate surface area is 117 Å². The third kappa shape index (κ3) is 3.54. The van der Waals surface area contributed by atoms with E-state index < -0.39 is 29.1 Å². The summed E-state index contributed by atoms with van der Waals surface area (Å²) in [5.74, 6) is -3.41. The van der Waals surface area contributed by atoms with Crippen molar-refractivity contribution in [3.05, 3.63) is 35.4 Å². The van der Waals surface area contributed by atoms with E-state index in [4.69, 9.17) is 4.74 Å². The summed E-state index contributed by atoms with van der Waals surface area (Å²) in [6.45, 7) is 5.16. The standard InChI is InChI=1S/C15H20F2O3/c1-4-6-11(14(18)20-5-2)15(3,19)10-7-8-12(16)13(17)9-10/h7-9,11,19H,4-6H2,1-3H3. The van der Waals surface area contributed by atoms with Crippen LogP contribution in [0.3, 0.4) is 0 Å². The van der Waals surface area contributed by atoms with Crippen LogP contribution >= 0.6 is 0 Å². The molecule has 112 valence electrons. The quantitative estimate of drug-likeness (QED) is 0.817. The van der Waals surface area contributed by atoms with Crippen molar-refractivity contribution in [2.75, 3.05) is 6.61 Å². The van der Waals surface area contributed by atoms with Gasteiger partial charge in [-0.15, -0.1) is 0 Å². The Morgan fingerprint density at radius 1 is 1.35 bits per heavy atom. The minimum absolute atomic E-state index is 0.155. The molecule has 0 aliphatic carbocycles. The first-order valence-electron chi connectivity index (χ1n) is 6.69. The molecule has 0 aliphatic rings. The van der Waals surface area contributed by atoms with Crippen molar-refractivity contribution in [2.45, 2.75) is 39.2 Å². The summed E-state index contributed by atoms with van der Waals surface area (Å²) in [6.07, 6.45) is 1.05. The second kappa shape index (κ2) is 6.79. The minimum Gasteiger partial charge on any atom is -0.466 e. The fourth-order valence-corrected chi connectivity index (χ4v) is 2.17. The predicted molar refractivity (Wildman–Crippen MR) is 71.0 cm³/mol. The number of aliphatic hydroxyl groups is 1. The molecule has 1 rings (SSSR count). The average Bonchev–Trinajstić information content (AvgIpc) is 2.39. The molecule has 3 nitrogen and oxygen atoms in total. The van der Waals surface area contributed by atoms with Crippen molar-refractivity contribution in [1.29, 1.82) is 0 Å². The number of benzene rings is 1. The molecule has 2 unspecified atom stereocenters. The van der Waals surface area contributed by atoms with Gasteiger partial charge < -0.3 is 9.84 Å². The van der Waals surface area contributed by atoms with Gasteiger partial charge in [0.1, 0.15) is 5.60 Å². The maximum Gasteiger partial charge on any atom is 0.312 e. The number of carbonyl (C=O) groups is 1. The average molecular weight is 286 g/mol. The first-order chi connectivity index (χ1) is 9.34. The second-order valence-corrected chi connectivity index (χ2v) is 4.87. The van der Waals surface area contributed by atoms with Crippen LogP contribution in [0.25, 0.3) is 0 Å². The summed E-state index contributed by atoms with van der Waals surface area (Å²) >= 11 is 0. The van der Waals surface area contributed by atoms with E-state index in [0.29, 0.717) is 12.8 Å². The smallest absolute Gasteiger partial charge is 0.312 e. The van der Waals surface area contributed by atoms with Gasteiger partial charge in [0.2, 0.25) is 0 Å². The Bertz CT molecular complexity index is 472. The predicted octanol–water partition coefficient (Wildman–Crippen LogP) is 3.15. The van der Waals surface area contributed by atoms with E-state index >= 15 is 0 Å². The minimum atomic E-state index is -1.61. The molecule has 1 aromatic rings. The van der Waals surface area contributed by atoms with Gasteiger partial charge in [-0.3, -0.25) is 4.79 Å². The molecule has 0 fully saturated rings. The Morgan fingerprint density at radius 2 is 2.00 bits per heavy atom. The number of hydrogen-bond donors (Lipinski definition) is 1. The van der Waals surface area contributed by atoms with Crippen molar-refractivity contribution >= 4 is 5.97 Å². The number of halogens is 2. The molecule has 0 aliphatic heterocycles. The van der Waals surface area contributed by atoms with Gasteiger partial charge in [0.05, 0.1) is 12.5 Å². The normalized spacial score (nSPS) is 15.5. The van der Waals surface area contributed by atoms with E-state index in [0.717, 1.165) is 12.1 Å². The van der Waals surface area contributed by atoms with Gasteiger partial charge in [0.15, 0.2) is 11.6 Å². The number of esters is 1. The molecule has 0 aromatic heterocycles. The summed E-state index contributed by atoms with van der Waals surface area (Å²) in [4.78, 5) is 12.0. The third-order valence-corrected chi connectivity index (χ3v) is 3.33. The Hall–Kier alpha value is -1.49. The van der Waals surface area contributed by atoms with Crippen LogP contribution in [0, 0.1) is 17.6 Å². The summed E-state index contributed by atoms with van der Waals surface area (Å²) in [5, 5.41) is 10.6. The summed E-state index contributed by atoms with van der Waals surface area (Å²) in [6, 6.07) is 3.13. The van der Waals surface area contributed by atoms with Crippen LogP contribution < -0.4 is 0 Å². The van der Waals surface area contributed by atoms with Crippen LogP contribution in [0.4, 0.5) is 8.78 Å². The van der Waals surface area contributed by atoms with E-state index in [1.165, 1.54) is 13.0 Å². The molecule has 1 N–H and O–H groups in total. The van der Waals surface area contributed by atoms with Gasteiger partial charge in [-0.1, -0.05) is 19.4 Å². The van der Waals surface area contributed by atoms with Gasteiger partial charge in [-0.2, -0.15) is 0 Å². The molecule has 0 saturated carbocycles. The molecule has 0 radical (unpaired) electrons. The van der Waals surface area contributed by atoms with Crippen LogP contribution in [-0.2, 0) is 15.1 Å². The van der Waals surface area contributed by atoms with Crippen molar-refractivity contribution in [2.24, 2.45) is 5.92 Å². The van der Waals surface area contributed by atoms with Crippen molar-refractivity contribution in [3.8, 4) is 0 Å². The van der Waals surface area contributed by atoms with Crippen LogP contribution in [0.15, 0.2) is 18.2 Å². The second-order valence-electron chi connectivity index (χ2n) is 4.87. The van der Waals surface area contributed by atoms with Gasteiger partial charge in [-0.05, 0) is 38.0 Å². The van der Waals surface area contributed by atoms with E-state index in [-0.39, 0.29) is 12.2 Å². The molecular weight excluding hydrogens is 266 g/mol. The Balaban J connectivity index is 3.13. The largest absolute Gasteiger partial charge is 0.466 e. The van der Waals surface area contributed by atoms with E-state index in [2.05, 4.69) is 0 Å². The SMILES string of the molecule is CCCC(C(=O)OCC)C(C)(O)c1ccc(F)c(F)c1. The molecule has 0 spiro atoms. The van der Waals surface area contributed by atoms with Crippen molar-refractivity contribution in [1.82, 2.24) is 0 Å². The van der Waals surface area contributed by atoms with Gasteiger partial charge in [0.25, 0.3) is 0 Å². The summed E-state index contributed by atoms with van der Waals surface area (Å²) in [5.41, 5.74) is -1.46. The zero-order chi connectivity index (χ0) is 15.3. The molecule has 0 heterocycles. The van der Waals surface area contributed by atoms with E-state index in [9.17, 15) is 18.7 Å². The topological polar surface area (TPSA) is 46.5 Å². The van der Waals surface area contributed by atoms with Crippen LogP contribution in [0.5, 0.6) is 0 Å². The highest BCUT2D eigenvalue weighted by molar-refractivity contribution is 5.74. The number of carbonyl (C=O) groups excluding carboxylic acids is 1. The monoisotopic (exact) mass is 286 g/mol. The molecular formula is C15H20F2O3. The highest BCUT2D eigenvalue weighted by atomic mass is 19.2. The molecule has 0 amide bonds. The van der Waals surface area contributed by atoms with E-state index in [1.807, 2.05) is 6.92 Å². The highest BCUT2D eigenvalue weighted by Gasteiger charge is 2.39. The lowest BCUT2D eigenvalue weighted by molar-refractivity contribution is -0.158. The molecule has 0 saturated heterocycles. The Kier molecular flexibility index (Phi) is 5.62. The lowest BCUT2D eigenvalue weighted by atomic mass is 9.80. The van der Waals surface area contributed by atoms with Gasteiger partial charge in [-0.25, -0.2) is 8.78 Å². The molecule has 1 aromatic carbocycles.